The molecule has 1 unspecified atom stereocenters. The fourth-order valence-corrected chi connectivity index (χ4v) is 3.61. The van der Waals surface area contributed by atoms with Gasteiger partial charge in [-0.2, -0.15) is 13.2 Å². The summed E-state index contributed by atoms with van der Waals surface area (Å²) in [6.45, 7) is 7.68. The molecule has 1 aromatic heterocycles. The lowest BCUT2D eigenvalue weighted by atomic mass is 9.97. The monoisotopic (exact) mass is 364 g/mol. The Morgan fingerprint density at radius 3 is 2.75 bits per heavy atom. The van der Waals surface area contributed by atoms with Crippen LogP contribution in [0.1, 0.15) is 37.3 Å². The molecule has 1 aliphatic rings. The molecule has 4 nitrogen and oxygen atoms in total. The van der Waals surface area contributed by atoms with E-state index in [-0.39, 0.29) is 18.6 Å². The lowest BCUT2D eigenvalue weighted by Gasteiger charge is -2.36. The smallest absolute Gasteiger partial charge is 0.417 e. The highest BCUT2D eigenvalue weighted by molar-refractivity contribution is 7.10. The molecule has 0 radical (unpaired) electrons. The van der Waals surface area contributed by atoms with Crippen LogP contribution in [0, 0.1) is 5.41 Å². The van der Waals surface area contributed by atoms with Crippen molar-refractivity contribution >= 4 is 17.3 Å². The van der Waals surface area contributed by atoms with Gasteiger partial charge >= 0.3 is 12.1 Å². The van der Waals surface area contributed by atoms with Crippen molar-refractivity contribution in [2.45, 2.75) is 33.0 Å². The molecule has 1 saturated heterocycles. The van der Waals surface area contributed by atoms with Crippen LogP contribution in [-0.4, -0.2) is 43.7 Å². The Morgan fingerprint density at radius 2 is 2.12 bits per heavy atom. The van der Waals surface area contributed by atoms with Crippen LogP contribution in [0.25, 0.3) is 0 Å². The number of ether oxygens (including phenoxy) is 1. The van der Waals surface area contributed by atoms with Gasteiger partial charge in [0.15, 0.2) is 0 Å². The number of alkyl halides is 3. The number of nitrogens with one attached hydrogen (secondary N) is 1. The molecular weight excluding hydrogens is 341 g/mol. The van der Waals surface area contributed by atoms with Gasteiger partial charge in [0.2, 0.25) is 0 Å². The number of carbonyl (C=O) groups is 1. The number of piperazine rings is 1. The number of nitrogens with zero attached hydrogens (tertiary/aromatic N) is 1. The first-order valence-electron chi connectivity index (χ1n) is 7.87. The average molecular weight is 364 g/mol. The second kappa shape index (κ2) is 7.41. The van der Waals surface area contributed by atoms with Crippen LogP contribution in [0.15, 0.2) is 11.4 Å². The third-order valence-electron chi connectivity index (χ3n) is 3.88. The summed E-state index contributed by atoms with van der Waals surface area (Å²) in [4.78, 5) is 14.1. The number of carbonyl (C=O) groups excluding carboxylic acids is 1. The van der Waals surface area contributed by atoms with E-state index in [1.165, 1.54) is 5.38 Å². The summed E-state index contributed by atoms with van der Waals surface area (Å²) in [5.41, 5.74) is -1.15. The predicted octanol–water partition coefficient (Wildman–Crippen LogP) is 3.30. The van der Waals surface area contributed by atoms with E-state index in [1.54, 1.807) is 20.8 Å². The summed E-state index contributed by atoms with van der Waals surface area (Å²) in [5, 5.41) is 4.62. The first-order chi connectivity index (χ1) is 11.1. The van der Waals surface area contributed by atoms with Gasteiger partial charge in [0.25, 0.3) is 0 Å². The molecule has 1 N–H and O–H groups in total. The highest BCUT2D eigenvalue weighted by atomic mass is 32.1. The zero-order chi connectivity index (χ0) is 18.0. The van der Waals surface area contributed by atoms with E-state index in [2.05, 4.69) is 5.32 Å². The second-order valence-corrected chi connectivity index (χ2v) is 7.79. The molecule has 0 spiro atoms. The maximum absolute atomic E-state index is 13.2. The predicted molar refractivity (Wildman–Crippen MR) is 86.9 cm³/mol. The third-order valence-corrected chi connectivity index (χ3v) is 4.90. The molecule has 2 rings (SSSR count). The number of esters is 1. The van der Waals surface area contributed by atoms with Crippen LogP contribution in [0.4, 0.5) is 13.2 Å². The number of hydrogen-bond donors (Lipinski definition) is 1. The molecule has 1 aromatic rings. The van der Waals surface area contributed by atoms with Crippen molar-refractivity contribution in [2.24, 2.45) is 5.41 Å². The molecule has 2 heterocycles. The highest BCUT2D eigenvalue weighted by Crippen LogP contribution is 2.39. The lowest BCUT2D eigenvalue weighted by molar-refractivity contribution is -0.153. The van der Waals surface area contributed by atoms with E-state index in [0.29, 0.717) is 31.1 Å². The van der Waals surface area contributed by atoms with Gasteiger partial charge in [-0.25, -0.2) is 0 Å². The zero-order valence-electron chi connectivity index (χ0n) is 14.1. The summed E-state index contributed by atoms with van der Waals surface area (Å²) in [5.74, 6) is -0.304. The highest BCUT2D eigenvalue weighted by Gasteiger charge is 2.38. The van der Waals surface area contributed by atoms with E-state index in [0.717, 1.165) is 17.4 Å². The van der Waals surface area contributed by atoms with Crippen molar-refractivity contribution in [3.05, 3.63) is 21.9 Å². The summed E-state index contributed by atoms with van der Waals surface area (Å²) in [6.07, 6.45) is -4.35. The Balaban J connectivity index is 2.04. The van der Waals surface area contributed by atoms with E-state index < -0.39 is 17.2 Å². The number of rotatable bonds is 4. The summed E-state index contributed by atoms with van der Waals surface area (Å²) < 4.78 is 44.7. The molecule has 0 amide bonds. The molecule has 1 atom stereocenters. The van der Waals surface area contributed by atoms with Crippen LogP contribution in [0.2, 0.25) is 0 Å². The average Bonchev–Trinajstić information content (AvgIpc) is 2.96. The Labute approximate surface area is 144 Å². The second-order valence-electron chi connectivity index (χ2n) is 6.84. The quantitative estimate of drug-likeness (QED) is 0.833. The van der Waals surface area contributed by atoms with Gasteiger partial charge in [-0.3, -0.25) is 9.69 Å². The minimum atomic E-state index is -4.35. The summed E-state index contributed by atoms with van der Waals surface area (Å²) in [6, 6.07) is 0.774. The van der Waals surface area contributed by atoms with E-state index in [4.69, 9.17) is 4.74 Å². The van der Waals surface area contributed by atoms with Gasteiger partial charge in [-0.1, -0.05) is 0 Å². The van der Waals surface area contributed by atoms with Crippen LogP contribution >= 0.6 is 11.3 Å². The molecular formula is C16H23F3N2O2S. The Hall–Kier alpha value is -1.12. The van der Waals surface area contributed by atoms with E-state index >= 15 is 0 Å². The summed E-state index contributed by atoms with van der Waals surface area (Å²) >= 11 is 1.12. The maximum atomic E-state index is 13.2. The first-order valence-corrected chi connectivity index (χ1v) is 8.75. The molecule has 8 heteroatoms. The largest absolute Gasteiger partial charge is 0.464 e. The Bertz CT molecular complexity index is 566. The molecule has 136 valence electrons. The summed E-state index contributed by atoms with van der Waals surface area (Å²) in [7, 11) is 0. The molecule has 0 aliphatic carbocycles. The Morgan fingerprint density at radius 1 is 1.42 bits per heavy atom. The fourth-order valence-electron chi connectivity index (χ4n) is 2.56. The molecule has 0 saturated carbocycles. The van der Waals surface area contributed by atoms with Crippen molar-refractivity contribution in [2.75, 3.05) is 32.8 Å². The van der Waals surface area contributed by atoms with E-state index in [9.17, 15) is 18.0 Å². The van der Waals surface area contributed by atoms with E-state index in [1.807, 2.05) is 4.90 Å². The maximum Gasteiger partial charge on any atom is 0.417 e. The van der Waals surface area contributed by atoms with Gasteiger partial charge in [0, 0.05) is 31.1 Å². The fraction of sp³-hybridized carbons (Fsp3) is 0.688. The lowest BCUT2D eigenvalue weighted by Crippen LogP contribution is -2.47. The SMILES string of the molecule is CC(C)(C)C(=O)OCCN1CCNCC1c1sccc1C(F)(F)F. The Kier molecular flexibility index (Phi) is 5.93. The van der Waals surface area contributed by atoms with Crippen molar-refractivity contribution in [3.8, 4) is 0 Å². The number of hydrogen-bond acceptors (Lipinski definition) is 5. The van der Waals surface area contributed by atoms with Crippen molar-refractivity contribution in [3.63, 3.8) is 0 Å². The van der Waals surface area contributed by atoms with Gasteiger partial charge in [-0.05, 0) is 32.2 Å². The molecule has 24 heavy (non-hydrogen) atoms. The zero-order valence-corrected chi connectivity index (χ0v) is 14.9. The van der Waals surface area contributed by atoms with Gasteiger partial charge in [0.05, 0.1) is 17.0 Å². The van der Waals surface area contributed by atoms with Crippen molar-refractivity contribution in [1.29, 1.82) is 0 Å². The number of halogens is 3. The third kappa shape index (κ3) is 4.70. The van der Waals surface area contributed by atoms with Crippen molar-refractivity contribution < 1.29 is 22.7 Å². The van der Waals surface area contributed by atoms with Crippen LogP contribution < -0.4 is 5.32 Å². The first kappa shape index (κ1) is 19.2. The van der Waals surface area contributed by atoms with Crippen LogP contribution in [-0.2, 0) is 15.7 Å². The number of thiophene rings is 1. The van der Waals surface area contributed by atoms with Crippen LogP contribution in [0.3, 0.4) is 0 Å². The minimum absolute atomic E-state index is 0.180. The minimum Gasteiger partial charge on any atom is -0.464 e. The van der Waals surface area contributed by atoms with Gasteiger partial charge in [0.1, 0.15) is 6.61 Å². The van der Waals surface area contributed by atoms with Crippen LogP contribution in [0.5, 0.6) is 0 Å². The molecule has 0 bridgehead atoms. The van der Waals surface area contributed by atoms with Gasteiger partial charge in [-0.15, -0.1) is 11.3 Å². The molecule has 0 aromatic carbocycles. The normalized spacial score (nSPS) is 20.2. The standard InChI is InChI=1S/C16H23F3N2O2S/c1-15(2,3)14(22)23-8-7-21-6-5-20-10-12(21)13-11(4-9-24-13)16(17,18)19/h4,9,12,20H,5-8,10H2,1-3H3. The topological polar surface area (TPSA) is 41.6 Å². The molecule has 1 aliphatic heterocycles. The van der Waals surface area contributed by atoms with Crippen molar-refractivity contribution in [1.82, 2.24) is 10.2 Å². The molecule has 1 fully saturated rings. The van der Waals surface area contributed by atoms with Gasteiger partial charge < -0.3 is 10.1 Å².